The Hall–Kier alpha value is 1.19. The Bertz CT molecular complexity index is 176. The molecule has 0 unspecified atom stereocenters. The molecular weight excluding hydrogens is 376 g/mol. The maximum absolute atomic E-state index is 7.50. The predicted octanol–water partition coefficient (Wildman–Crippen LogP) is 3.74. The van der Waals surface area contributed by atoms with Crippen molar-refractivity contribution in [2.24, 2.45) is 0 Å². The summed E-state index contributed by atoms with van der Waals surface area (Å²) in [5.41, 5.74) is 0. The van der Waals surface area contributed by atoms with Crippen LogP contribution in [0.1, 0.15) is 0 Å². The minimum absolute atomic E-state index is 0. The van der Waals surface area contributed by atoms with Gasteiger partial charge in [-0.1, -0.05) is 0 Å². The second-order valence-electron chi connectivity index (χ2n) is 1.57. The normalized spacial score (nSPS) is 17.1. The van der Waals surface area contributed by atoms with Crippen LogP contribution in [0.3, 0.4) is 0 Å². The van der Waals surface area contributed by atoms with Gasteiger partial charge >= 0.3 is 33.9 Å². The zero-order valence-electron chi connectivity index (χ0n) is 7.49. The molecular formula is C8Cl5MnO3. The maximum atomic E-state index is 7.50. The maximum Gasteiger partial charge on any atom is 0 e. The fourth-order valence-electron chi connectivity index (χ4n) is 0.482. The second-order valence-corrected chi connectivity index (χ2v) is 3.46. The van der Waals surface area contributed by atoms with Crippen molar-refractivity contribution >= 4 is 58.0 Å². The third-order valence-electron chi connectivity index (χ3n) is 0.964. The van der Waals surface area contributed by atoms with E-state index in [1.54, 1.807) is 0 Å². The standard InChI is InChI=1S/C5Cl5.3CO.Mn/c6-1-2(7)4(9)5(10)3(1)8;3*1-2;. The minimum atomic E-state index is 0. The van der Waals surface area contributed by atoms with Gasteiger partial charge < -0.3 is 0 Å². The molecule has 0 heterocycles. The van der Waals surface area contributed by atoms with Crippen LogP contribution in [-0.4, -0.2) is 0 Å². The Morgan fingerprint density at radius 1 is 0.471 bits per heavy atom. The van der Waals surface area contributed by atoms with Crippen molar-refractivity contribution in [3.05, 3.63) is 46.8 Å². The Kier molecular flexibility index (Phi) is 27.0. The van der Waals surface area contributed by atoms with Gasteiger partial charge in [0.05, 0.1) is 0 Å². The van der Waals surface area contributed by atoms with Crippen LogP contribution in [-0.2, 0) is 31.0 Å². The van der Waals surface area contributed by atoms with E-state index in [9.17, 15) is 0 Å². The number of hydrogen-bond donors (Lipinski definition) is 0. The molecule has 1 rings (SSSR count). The molecule has 1 aliphatic carbocycles. The van der Waals surface area contributed by atoms with Crippen LogP contribution in [0.15, 0.2) is 0 Å². The van der Waals surface area contributed by atoms with Crippen molar-refractivity contribution in [2.75, 3.05) is 0 Å². The first kappa shape index (κ1) is 26.7. The molecule has 1 fully saturated rings. The van der Waals surface area contributed by atoms with Gasteiger partial charge in [-0.3, -0.25) is 0 Å². The fourth-order valence-corrected chi connectivity index (χ4v) is 1.67. The zero-order chi connectivity index (χ0) is 13.9. The van der Waals surface area contributed by atoms with E-state index in [1.807, 2.05) is 0 Å². The van der Waals surface area contributed by atoms with Crippen molar-refractivity contribution in [1.82, 2.24) is 0 Å². The van der Waals surface area contributed by atoms with E-state index in [0.29, 0.717) is 0 Å². The first-order valence-electron chi connectivity index (χ1n) is 2.81. The molecule has 0 atom stereocenters. The first-order valence-corrected chi connectivity index (χ1v) is 4.70. The molecule has 1 aliphatic rings. The molecule has 6 radical (unpaired) electrons. The molecule has 3 nitrogen and oxygen atoms in total. The number of hydrogen-bond acceptors (Lipinski definition) is 0. The predicted molar refractivity (Wildman–Crippen MR) is 57.3 cm³/mol. The fraction of sp³-hybridized carbons (Fsp3) is 0. The molecule has 0 aromatic carbocycles. The van der Waals surface area contributed by atoms with E-state index in [0.717, 1.165) is 0 Å². The topological polar surface area (TPSA) is 59.7 Å². The van der Waals surface area contributed by atoms with Crippen molar-refractivity contribution in [3.63, 3.8) is 0 Å². The van der Waals surface area contributed by atoms with Gasteiger partial charge in [-0.25, -0.2) is 0 Å². The van der Waals surface area contributed by atoms with Crippen LogP contribution in [0.5, 0.6) is 0 Å². The summed E-state index contributed by atoms with van der Waals surface area (Å²) < 4.78 is 22.5. The summed E-state index contributed by atoms with van der Waals surface area (Å²) in [6.07, 6.45) is 0. The Morgan fingerprint density at radius 3 is 0.588 bits per heavy atom. The van der Waals surface area contributed by atoms with E-state index in [-0.39, 0.29) is 44.0 Å². The van der Waals surface area contributed by atoms with Crippen LogP contribution >= 0.6 is 58.0 Å². The molecule has 0 N–H and O–H groups in total. The third kappa shape index (κ3) is 8.83. The summed E-state index contributed by atoms with van der Waals surface area (Å²) in [5.74, 6) is 0. The summed E-state index contributed by atoms with van der Waals surface area (Å²) in [6, 6.07) is 0. The van der Waals surface area contributed by atoms with E-state index in [2.05, 4.69) is 20.0 Å². The molecule has 0 aromatic rings. The van der Waals surface area contributed by atoms with Gasteiger partial charge in [0.15, 0.2) is 0 Å². The molecule has 0 amide bonds. The van der Waals surface area contributed by atoms with Crippen molar-refractivity contribution in [2.45, 2.75) is 0 Å². The first-order chi connectivity index (χ1) is 7.55. The molecule has 0 spiro atoms. The average Bonchev–Trinajstić information content (AvgIpc) is 2.55. The number of halogens is 5. The largest absolute Gasteiger partial charge is 0 e. The molecule has 1 saturated carbocycles. The summed E-state index contributed by atoms with van der Waals surface area (Å²) in [5, 5.41) is 1.03. The molecule has 0 aromatic heterocycles. The van der Waals surface area contributed by atoms with Crippen molar-refractivity contribution < 1.29 is 31.0 Å². The van der Waals surface area contributed by atoms with Gasteiger partial charge in [-0.15, -0.1) is 58.0 Å². The van der Waals surface area contributed by atoms with Crippen LogP contribution in [0, 0.1) is 46.8 Å². The van der Waals surface area contributed by atoms with Crippen molar-refractivity contribution in [1.29, 1.82) is 0 Å². The Morgan fingerprint density at radius 2 is 0.529 bits per heavy atom. The Labute approximate surface area is 135 Å². The van der Waals surface area contributed by atoms with Gasteiger partial charge in [0.1, 0.15) is 26.9 Å². The van der Waals surface area contributed by atoms with Gasteiger partial charge in [0, 0.05) is 17.1 Å². The van der Waals surface area contributed by atoms with Gasteiger partial charge in [0.2, 0.25) is 0 Å². The smallest absolute Gasteiger partial charge is 0 e. The molecule has 0 bridgehead atoms. The van der Waals surface area contributed by atoms with Crippen LogP contribution in [0.25, 0.3) is 0 Å². The summed E-state index contributed by atoms with van der Waals surface area (Å²) in [4.78, 5) is 0. The van der Waals surface area contributed by atoms with E-state index in [4.69, 9.17) is 72.0 Å². The monoisotopic (exact) mass is 374 g/mol. The molecule has 17 heavy (non-hydrogen) atoms. The summed E-state index contributed by atoms with van der Waals surface area (Å²) >= 11 is 27.9. The minimum Gasteiger partial charge on any atom is 0 e. The third-order valence-corrected chi connectivity index (χ3v) is 3.34. The molecule has 0 saturated heterocycles. The van der Waals surface area contributed by atoms with Crippen LogP contribution in [0.4, 0.5) is 0 Å². The van der Waals surface area contributed by atoms with E-state index in [1.165, 1.54) is 0 Å². The van der Waals surface area contributed by atoms with Crippen LogP contribution < -0.4 is 0 Å². The van der Waals surface area contributed by atoms with Crippen molar-refractivity contribution in [3.8, 4) is 0 Å². The summed E-state index contributed by atoms with van der Waals surface area (Å²) in [7, 11) is 0. The van der Waals surface area contributed by atoms with E-state index < -0.39 is 0 Å². The SMILES string of the molecule is Cl[C]1[C](Cl)[C](Cl)[C](Cl)[C]1Cl.[C-]#[O+].[C-]#[O+].[C-]#[O+].[Mn]. The number of rotatable bonds is 0. The van der Waals surface area contributed by atoms with E-state index >= 15 is 0 Å². The van der Waals surface area contributed by atoms with Gasteiger partial charge in [-0.2, -0.15) is 0 Å². The quantitative estimate of drug-likeness (QED) is 0.351. The summed E-state index contributed by atoms with van der Waals surface area (Å²) in [6.45, 7) is 13.5. The van der Waals surface area contributed by atoms with Gasteiger partial charge in [-0.05, 0) is 0 Å². The van der Waals surface area contributed by atoms with Crippen LogP contribution in [0.2, 0.25) is 0 Å². The molecule has 0 aliphatic heterocycles. The molecule has 92 valence electrons. The van der Waals surface area contributed by atoms with Gasteiger partial charge in [0.25, 0.3) is 0 Å². The average molecular weight is 376 g/mol. The zero-order valence-corrected chi connectivity index (χ0v) is 12.5. The second kappa shape index (κ2) is 17.2. The molecule has 9 heteroatoms. The Balaban J connectivity index is -0.000000106.